The zero-order chi connectivity index (χ0) is 17.0. The quantitative estimate of drug-likeness (QED) is 0.706. The molecule has 0 atom stereocenters. The molecule has 0 aromatic heterocycles. The van der Waals surface area contributed by atoms with Crippen LogP contribution in [0.3, 0.4) is 0 Å². The van der Waals surface area contributed by atoms with Crippen LogP contribution in [0.4, 0.5) is 4.39 Å². The van der Waals surface area contributed by atoms with Crippen LogP contribution in [0.25, 0.3) is 6.08 Å². The van der Waals surface area contributed by atoms with Crippen LogP contribution in [0.2, 0.25) is 15.1 Å². The molecule has 0 aliphatic heterocycles. The molecule has 2 aromatic carbocycles. The monoisotopic (exact) mass is 374 g/mol. The van der Waals surface area contributed by atoms with Crippen LogP contribution >= 0.6 is 34.8 Å². The van der Waals surface area contributed by atoms with Gasteiger partial charge in [-0.2, -0.15) is 0 Å². The molecule has 0 unspecified atom stereocenters. The number of aliphatic carboxylic acids is 1. The predicted molar refractivity (Wildman–Crippen MR) is 88.9 cm³/mol. The van der Waals surface area contributed by atoms with Crippen LogP contribution in [-0.4, -0.2) is 11.1 Å². The molecule has 0 fully saturated rings. The van der Waals surface area contributed by atoms with Crippen molar-refractivity contribution in [1.29, 1.82) is 0 Å². The van der Waals surface area contributed by atoms with Crippen molar-refractivity contribution in [3.63, 3.8) is 0 Å². The molecule has 0 saturated carbocycles. The fraction of sp³-hybridized carbons (Fsp3) is 0.0625. The molecule has 3 nitrogen and oxygen atoms in total. The second-order valence-electron chi connectivity index (χ2n) is 4.47. The Labute approximate surface area is 146 Å². The van der Waals surface area contributed by atoms with Gasteiger partial charge in [-0.3, -0.25) is 0 Å². The van der Waals surface area contributed by atoms with Crippen molar-refractivity contribution in [3.05, 3.63) is 68.4 Å². The zero-order valence-corrected chi connectivity index (χ0v) is 13.8. The number of halogens is 4. The van der Waals surface area contributed by atoms with Crippen molar-refractivity contribution < 1.29 is 19.0 Å². The minimum Gasteiger partial charge on any atom is -0.486 e. The number of carbonyl (C=O) groups is 1. The van der Waals surface area contributed by atoms with Crippen LogP contribution in [0.5, 0.6) is 5.75 Å². The third kappa shape index (κ3) is 4.61. The molecule has 0 heterocycles. The molecule has 0 spiro atoms. The zero-order valence-electron chi connectivity index (χ0n) is 11.5. The Balaban J connectivity index is 2.22. The summed E-state index contributed by atoms with van der Waals surface area (Å²) in [5.41, 5.74) is 0.690. The number of hydrogen-bond donors (Lipinski definition) is 1. The van der Waals surface area contributed by atoms with E-state index in [1.54, 1.807) is 6.07 Å². The topological polar surface area (TPSA) is 46.5 Å². The van der Waals surface area contributed by atoms with E-state index >= 15 is 0 Å². The lowest BCUT2D eigenvalue weighted by Gasteiger charge is -2.12. The van der Waals surface area contributed by atoms with Gasteiger partial charge in [0, 0.05) is 11.6 Å². The molecule has 0 saturated heterocycles. The van der Waals surface area contributed by atoms with Gasteiger partial charge in [-0.05, 0) is 35.9 Å². The predicted octanol–water partition coefficient (Wildman–Crippen LogP) is 5.46. The molecule has 0 amide bonds. The Morgan fingerprint density at radius 2 is 1.83 bits per heavy atom. The fourth-order valence-electron chi connectivity index (χ4n) is 1.80. The van der Waals surface area contributed by atoms with Gasteiger partial charge in [0.15, 0.2) is 5.75 Å². The van der Waals surface area contributed by atoms with E-state index in [2.05, 4.69) is 0 Å². The van der Waals surface area contributed by atoms with E-state index in [0.29, 0.717) is 5.56 Å². The van der Waals surface area contributed by atoms with Gasteiger partial charge < -0.3 is 9.84 Å². The molecule has 0 aliphatic rings. The largest absolute Gasteiger partial charge is 0.486 e. The lowest BCUT2D eigenvalue weighted by Crippen LogP contribution is -2.00. The second kappa shape index (κ2) is 7.68. The third-order valence-electron chi connectivity index (χ3n) is 2.86. The highest BCUT2D eigenvalue weighted by Crippen LogP contribution is 2.35. The fourth-order valence-corrected chi connectivity index (χ4v) is 2.63. The number of rotatable bonds is 5. The molecular weight excluding hydrogens is 366 g/mol. The minimum atomic E-state index is -1.09. The average Bonchev–Trinajstić information content (AvgIpc) is 2.46. The van der Waals surface area contributed by atoms with Crippen LogP contribution < -0.4 is 4.74 Å². The van der Waals surface area contributed by atoms with Crippen LogP contribution in [0, 0.1) is 5.82 Å². The first-order valence-corrected chi connectivity index (χ1v) is 7.47. The van der Waals surface area contributed by atoms with E-state index in [1.165, 1.54) is 30.3 Å². The Morgan fingerprint density at radius 3 is 2.39 bits per heavy atom. The molecule has 0 bridgehead atoms. The SMILES string of the molecule is O=C(O)C=Cc1cc(Cl)c(OCc2c(F)cccc2Cl)c(Cl)c1. The van der Waals surface area contributed by atoms with Gasteiger partial charge in [-0.25, -0.2) is 9.18 Å². The van der Waals surface area contributed by atoms with Gasteiger partial charge in [0.1, 0.15) is 12.4 Å². The molecule has 0 radical (unpaired) electrons. The summed E-state index contributed by atoms with van der Waals surface area (Å²) in [6.07, 6.45) is 2.30. The molecule has 120 valence electrons. The van der Waals surface area contributed by atoms with Crippen molar-refractivity contribution in [3.8, 4) is 5.75 Å². The normalized spacial score (nSPS) is 11.0. The highest BCUT2D eigenvalue weighted by molar-refractivity contribution is 6.37. The molecule has 7 heteroatoms. The van der Waals surface area contributed by atoms with Gasteiger partial charge in [-0.15, -0.1) is 0 Å². The first-order chi connectivity index (χ1) is 10.9. The number of benzene rings is 2. The maximum Gasteiger partial charge on any atom is 0.328 e. The van der Waals surface area contributed by atoms with Gasteiger partial charge in [0.2, 0.25) is 0 Å². The van der Waals surface area contributed by atoms with Crippen molar-refractivity contribution in [1.82, 2.24) is 0 Å². The average molecular weight is 376 g/mol. The minimum absolute atomic E-state index is 0.144. The number of carboxylic acid groups (broad SMARTS) is 1. The Morgan fingerprint density at radius 1 is 1.17 bits per heavy atom. The Bertz CT molecular complexity index is 732. The lowest BCUT2D eigenvalue weighted by atomic mass is 10.2. The number of ether oxygens (including phenoxy) is 1. The molecular formula is C16H10Cl3FO3. The Hall–Kier alpha value is -1.75. The summed E-state index contributed by atoms with van der Waals surface area (Å²) >= 11 is 18.1. The lowest BCUT2D eigenvalue weighted by molar-refractivity contribution is -0.131. The van der Waals surface area contributed by atoms with Crippen LogP contribution in [-0.2, 0) is 11.4 Å². The van der Waals surface area contributed by atoms with Crippen LogP contribution in [0.1, 0.15) is 11.1 Å². The van der Waals surface area contributed by atoms with E-state index in [4.69, 9.17) is 44.6 Å². The van der Waals surface area contributed by atoms with Crippen LogP contribution in [0.15, 0.2) is 36.4 Å². The smallest absolute Gasteiger partial charge is 0.328 e. The van der Waals surface area contributed by atoms with Crippen molar-refractivity contribution >= 4 is 46.8 Å². The number of hydrogen-bond acceptors (Lipinski definition) is 2. The highest BCUT2D eigenvalue weighted by atomic mass is 35.5. The van der Waals surface area contributed by atoms with E-state index in [0.717, 1.165) is 6.08 Å². The third-order valence-corrected chi connectivity index (χ3v) is 3.78. The first kappa shape index (κ1) is 17.6. The number of carboxylic acids is 1. The van der Waals surface area contributed by atoms with Gasteiger partial charge >= 0.3 is 5.97 Å². The first-order valence-electron chi connectivity index (χ1n) is 6.34. The van der Waals surface area contributed by atoms with E-state index in [1.807, 2.05) is 0 Å². The van der Waals surface area contributed by atoms with E-state index in [-0.39, 0.29) is 33.0 Å². The summed E-state index contributed by atoms with van der Waals surface area (Å²) in [5, 5.41) is 9.19. The summed E-state index contributed by atoms with van der Waals surface area (Å²) in [6.45, 7) is -0.144. The van der Waals surface area contributed by atoms with Crippen molar-refractivity contribution in [2.75, 3.05) is 0 Å². The summed E-state index contributed by atoms with van der Waals surface area (Å²) in [4.78, 5) is 10.5. The summed E-state index contributed by atoms with van der Waals surface area (Å²) in [6, 6.07) is 7.29. The molecule has 23 heavy (non-hydrogen) atoms. The second-order valence-corrected chi connectivity index (χ2v) is 5.70. The van der Waals surface area contributed by atoms with Crippen molar-refractivity contribution in [2.45, 2.75) is 6.61 Å². The van der Waals surface area contributed by atoms with Gasteiger partial charge in [-0.1, -0.05) is 40.9 Å². The molecule has 1 N–H and O–H groups in total. The molecule has 0 aliphatic carbocycles. The molecule has 2 rings (SSSR count). The van der Waals surface area contributed by atoms with E-state index in [9.17, 15) is 9.18 Å². The Kier molecular flexibility index (Phi) is 5.88. The summed E-state index contributed by atoms with van der Waals surface area (Å²) in [7, 11) is 0. The standard InChI is InChI=1S/C16H10Cl3FO3/c17-11-2-1-3-14(20)10(11)8-23-16-12(18)6-9(7-13(16)19)4-5-15(21)22/h1-7H,8H2,(H,21,22). The highest BCUT2D eigenvalue weighted by Gasteiger charge is 2.12. The van der Waals surface area contributed by atoms with Gasteiger partial charge in [0.25, 0.3) is 0 Å². The molecule has 2 aromatic rings. The van der Waals surface area contributed by atoms with E-state index < -0.39 is 11.8 Å². The summed E-state index contributed by atoms with van der Waals surface area (Å²) in [5.74, 6) is -1.42. The van der Waals surface area contributed by atoms with Crippen molar-refractivity contribution in [2.24, 2.45) is 0 Å². The maximum absolute atomic E-state index is 13.7. The van der Waals surface area contributed by atoms with Gasteiger partial charge in [0.05, 0.1) is 15.1 Å². The maximum atomic E-state index is 13.7. The summed E-state index contributed by atoms with van der Waals surface area (Å²) < 4.78 is 19.2.